The highest BCUT2D eigenvalue weighted by molar-refractivity contribution is 4.78. The highest BCUT2D eigenvalue weighted by atomic mass is 14.9. The predicted octanol–water partition coefficient (Wildman–Crippen LogP) is 2.81. The molecule has 1 aliphatic rings. The van der Waals surface area contributed by atoms with E-state index in [0.29, 0.717) is 0 Å². The second kappa shape index (κ2) is 4.86. The van der Waals surface area contributed by atoms with Gasteiger partial charge in [0, 0.05) is 6.04 Å². The van der Waals surface area contributed by atoms with Gasteiger partial charge in [0.15, 0.2) is 0 Å². The summed E-state index contributed by atoms with van der Waals surface area (Å²) in [5.41, 5.74) is 0. The second-order valence-electron chi connectivity index (χ2n) is 4.43. The van der Waals surface area contributed by atoms with Crippen molar-refractivity contribution in [2.24, 2.45) is 11.8 Å². The first-order chi connectivity index (χ1) is 5.74. The molecule has 0 saturated heterocycles. The Bertz CT molecular complexity index is 118. The minimum Gasteiger partial charge on any atom is -0.314 e. The zero-order valence-corrected chi connectivity index (χ0v) is 8.77. The van der Waals surface area contributed by atoms with E-state index in [0.717, 1.165) is 24.4 Å². The van der Waals surface area contributed by atoms with Crippen LogP contribution in [0.2, 0.25) is 0 Å². The molecule has 0 spiro atoms. The molecule has 1 fully saturated rings. The number of nitrogens with one attached hydrogen (secondary N) is 1. The van der Waals surface area contributed by atoms with Gasteiger partial charge in [0.2, 0.25) is 0 Å². The van der Waals surface area contributed by atoms with Gasteiger partial charge in [0.25, 0.3) is 0 Å². The van der Waals surface area contributed by atoms with E-state index in [-0.39, 0.29) is 0 Å². The molecule has 1 N–H and O–H groups in total. The highest BCUT2D eigenvalue weighted by Crippen LogP contribution is 2.29. The predicted molar refractivity (Wildman–Crippen MR) is 54.3 cm³/mol. The Kier molecular flexibility index (Phi) is 4.07. The molecule has 1 heteroatoms. The van der Waals surface area contributed by atoms with Gasteiger partial charge in [-0.3, -0.25) is 0 Å². The Hall–Kier alpha value is -0.0400. The van der Waals surface area contributed by atoms with E-state index in [1.54, 1.807) is 0 Å². The molecule has 0 unspecified atom stereocenters. The van der Waals surface area contributed by atoms with Crippen LogP contribution >= 0.6 is 0 Å². The van der Waals surface area contributed by atoms with Crippen LogP contribution in [0, 0.1) is 11.8 Å². The maximum Gasteiger partial charge on any atom is 0.00696 e. The molecule has 0 bridgehead atoms. The topological polar surface area (TPSA) is 12.0 Å². The zero-order valence-electron chi connectivity index (χ0n) is 8.77. The quantitative estimate of drug-likeness (QED) is 0.685. The summed E-state index contributed by atoms with van der Waals surface area (Å²) in [4.78, 5) is 0. The molecular weight excluding hydrogens is 146 g/mol. The van der Waals surface area contributed by atoms with Crippen molar-refractivity contribution in [1.29, 1.82) is 0 Å². The third-order valence-electron chi connectivity index (χ3n) is 3.15. The minimum absolute atomic E-state index is 0.816. The Morgan fingerprint density at radius 2 is 2.08 bits per heavy atom. The van der Waals surface area contributed by atoms with E-state index in [2.05, 4.69) is 26.1 Å². The Balaban J connectivity index is 2.30. The van der Waals surface area contributed by atoms with Crippen molar-refractivity contribution in [2.45, 2.75) is 52.5 Å². The average molecular weight is 169 g/mol. The summed E-state index contributed by atoms with van der Waals surface area (Å²) in [6.07, 6.45) is 5.70. The van der Waals surface area contributed by atoms with Gasteiger partial charge in [-0.1, -0.05) is 33.6 Å². The Morgan fingerprint density at radius 1 is 1.33 bits per heavy atom. The summed E-state index contributed by atoms with van der Waals surface area (Å²) in [5, 5.41) is 3.57. The van der Waals surface area contributed by atoms with E-state index in [1.807, 2.05) is 0 Å². The first kappa shape index (κ1) is 10.0. The Morgan fingerprint density at radius 3 is 2.67 bits per heavy atom. The Labute approximate surface area is 76.9 Å². The van der Waals surface area contributed by atoms with Crippen LogP contribution in [-0.2, 0) is 0 Å². The van der Waals surface area contributed by atoms with Gasteiger partial charge in [-0.15, -0.1) is 0 Å². The number of rotatable bonds is 3. The molecule has 0 aromatic rings. The molecule has 72 valence electrons. The molecule has 1 saturated carbocycles. The van der Waals surface area contributed by atoms with E-state index < -0.39 is 0 Å². The van der Waals surface area contributed by atoms with Gasteiger partial charge in [-0.05, 0) is 31.2 Å². The van der Waals surface area contributed by atoms with E-state index >= 15 is 0 Å². The normalized spacial score (nSPS) is 31.0. The standard InChI is InChI=1S/C11H23N/c1-4-12-11-7-5-6-10(8-11)9(2)3/h9-12H,4-8H2,1-3H3/t10-,11+/m0/s1. The summed E-state index contributed by atoms with van der Waals surface area (Å²) < 4.78 is 0. The van der Waals surface area contributed by atoms with Crippen LogP contribution in [0.25, 0.3) is 0 Å². The highest BCUT2D eigenvalue weighted by Gasteiger charge is 2.22. The lowest BCUT2D eigenvalue weighted by atomic mass is 9.79. The summed E-state index contributed by atoms with van der Waals surface area (Å²) in [6.45, 7) is 8.06. The van der Waals surface area contributed by atoms with Gasteiger partial charge in [0.1, 0.15) is 0 Å². The summed E-state index contributed by atoms with van der Waals surface area (Å²) in [6, 6.07) is 0.816. The minimum atomic E-state index is 0.816. The van der Waals surface area contributed by atoms with E-state index in [1.165, 1.54) is 25.7 Å². The molecular formula is C11H23N. The lowest BCUT2D eigenvalue weighted by Crippen LogP contribution is -2.35. The first-order valence-corrected chi connectivity index (χ1v) is 5.47. The van der Waals surface area contributed by atoms with E-state index in [9.17, 15) is 0 Å². The largest absolute Gasteiger partial charge is 0.314 e. The van der Waals surface area contributed by atoms with Crippen molar-refractivity contribution in [2.75, 3.05) is 6.54 Å². The molecule has 0 aromatic carbocycles. The molecule has 0 amide bonds. The molecule has 0 aliphatic heterocycles. The summed E-state index contributed by atoms with van der Waals surface area (Å²) in [5.74, 6) is 1.86. The maximum absolute atomic E-state index is 3.57. The lowest BCUT2D eigenvalue weighted by Gasteiger charge is -2.31. The summed E-state index contributed by atoms with van der Waals surface area (Å²) in [7, 11) is 0. The van der Waals surface area contributed by atoms with Crippen LogP contribution < -0.4 is 5.32 Å². The molecule has 12 heavy (non-hydrogen) atoms. The lowest BCUT2D eigenvalue weighted by molar-refractivity contribution is 0.233. The van der Waals surface area contributed by atoms with Crippen LogP contribution in [0.3, 0.4) is 0 Å². The number of hydrogen-bond donors (Lipinski definition) is 1. The van der Waals surface area contributed by atoms with Crippen LogP contribution in [-0.4, -0.2) is 12.6 Å². The SMILES string of the molecule is CCN[C@@H]1CCC[C@H](C(C)C)C1. The summed E-state index contributed by atoms with van der Waals surface area (Å²) >= 11 is 0. The zero-order chi connectivity index (χ0) is 8.97. The van der Waals surface area contributed by atoms with Gasteiger partial charge in [0.05, 0.1) is 0 Å². The molecule has 0 radical (unpaired) electrons. The molecule has 1 rings (SSSR count). The van der Waals surface area contributed by atoms with Crippen LogP contribution in [0.1, 0.15) is 46.5 Å². The molecule has 2 atom stereocenters. The van der Waals surface area contributed by atoms with Crippen molar-refractivity contribution in [3.63, 3.8) is 0 Å². The molecule has 0 aromatic heterocycles. The van der Waals surface area contributed by atoms with Crippen LogP contribution in [0.15, 0.2) is 0 Å². The first-order valence-electron chi connectivity index (χ1n) is 5.47. The van der Waals surface area contributed by atoms with Crippen LogP contribution in [0.4, 0.5) is 0 Å². The van der Waals surface area contributed by atoms with Gasteiger partial charge in [-0.2, -0.15) is 0 Å². The van der Waals surface area contributed by atoms with Crippen molar-refractivity contribution >= 4 is 0 Å². The van der Waals surface area contributed by atoms with Gasteiger partial charge < -0.3 is 5.32 Å². The number of hydrogen-bond acceptors (Lipinski definition) is 1. The third kappa shape index (κ3) is 2.78. The monoisotopic (exact) mass is 169 g/mol. The second-order valence-corrected chi connectivity index (χ2v) is 4.43. The van der Waals surface area contributed by atoms with E-state index in [4.69, 9.17) is 0 Å². The molecule has 0 heterocycles. The van der Waals surface area contributed by atoms with Crippen LogP contribution in [0.5, 0.6) is 0 Å². The van der Waals surface area contributed by atoms with Gasteiger partial charge >= 0.3 is 0 Å². The fourth-order valence-corrected chi connectivity index (χ4v) is 2.31. The fourth-order valence-electron chi connectivity index (χ4n) is 2.31. The fraction of sp³-hybridized carbons (Fsp3) is 1.00. The smallest absolute Gasteiger partial charge is 0.00696 e. The van der Waals surface area contributed by atoms with Gasteiger partial charge in [-0.25, -0.2) is 0 Å². The maximum atomic E-state index is 3.57. The van der Waals surface area contributed by atoms with Crippen molar-refractivity contribution in [1.82, 2.24) is 5.32 Å². The van der Waals surface area contributed by atoms with Crippen molar-refractivity contribution < 1.29 is 0 Å². The molecule has 1 aliphatic carbocycles. The molecule has 1 nitrogen and oxygen atoms in total. The van der Waals surface area contributed by atoms with Crippen molar-refractivity contribution in [3.8, 4) is 0 Å². The van der Waals surface area contributed by atoms with Crippen molar-refractivity contribution in [3.05, 3.63) is 0 Å². The third-order valence-corrected chi connectivity index (χ3v) is 3.15. The average Bonchev–Trinajstić information content (AvgIpc) is 2.05.